The molecule has 1 aromatic carbocycles. The van der Waals surface area contributed by atoms with Gasteiger partial charge in [0.2, 0.25) is 0 Å². The van der Waals surface area contributed by atoms with Crippen molar-refractivity contribution in [3.8, 4) is 0 Å². The molecule has 0 bridgehead atoms. The molecule has 1 atom stereocenters. The second-order valence-corrected chi connectivity index (χ2v) is 5.11. The molecule has 104 valence electrons. The number of aromatic nitrogens is 1. The average molecular weight is 289 g/mol. The van der Waals surface area contributed by atoms with E-state index in [4.69, 9.17) is 18.0 Å². The van der Waals surface area contributed by atoms with Crippen molar-refractivity contribution in [2.75, 3.05) is 5.32 Å². The van der Waals surface area contributed by atoms with Gasteiger partial charge in [-0.05, 0) is 43.2 Å². The van der Waals surface area contributed by atoms with Gasteiger partial charge < -0.3 is 11.1 Å². The molecule has 3 nitrogen and oxygen atoms in total. The Morgan fingerprint density at radius 3 is 2.75 bits per heavy atom. The Morgan fingerprint density at radius 2 is 2.10 bits per heavy atom. The number of nitrogens with zero attached hydrogens (tertiary/aromatic N) is 1. The third-order valence-corrected chi connectivity index (χ3v) is 3.34. The summed E-state index contributed by atoms with van der Waals surface area (Å²) in [5.41, 5.74) is 7.83. The second-order valence-electron chi connectivity index (χ2n) is 4.67. The third kappa shape index (κ3) is 3.30. The molecular weight excluding hydrogens is 273 g/mol. The van der Waals surface area contributed by atoms with Crippen LogP contribution in [0.1, 0.15) is 29.7 Å². The van der Waals surface area contributed by atoms with E-state index in [1.807, 2.05) is 13.0 Å². The molecule has 2 rings (SSSR count). The predicted octanol–water partition coefficient (Wildman–Crippen LogP) is 3.34. The van der Waals surface area contributed by atoms with Gasteiger partial charge in [0.25, 0.3) is 0 Å². The number of aryl methyl sites for hydroxylation is 1. The molecule has 0 aliphatic heterocycles. The van der Waals surface area contributed by atoms with Crippen molar-refractivity contribution in [2.24, 2.45) is 5.73 Å². The summed E-state index contributed by atoms with van der Waals surface area (Å²) < 4.78 is 13.6. The number of rotatable bonds is 4. The van der Waals surface area contributed by atoms with Crippen LogP contribution in [0.4, 0.5) is 10.2 Å². The van der Waals surface area contributed by atoms with Crippen molar-refractivity contribution in [3.63, 3.8) is 0 Å². The topological polar surface area (TPSA) is 50.9 Å². The van der Waals surface area contributed by atoms with Crippen LogP contribution in [0, 0.1) is 12.7 Å². The molecule has 0 aliphatic carbocycles. The molecule has 3 N–H and O–H groups in total. The Labute approximate surface area is 123 Å². The first-order valence-corrected chi connectivity index (χ1v) is 6.66. The molecule has 0 saturated heterocycles. The van der Waals surface area contributed by atoms with E-state index in [1.54, 1.807) is 31.3 Å². The van der Waals surface area contributed by atoms with Crippen molar-refractivity contribution in [1.29, 1.82) is 0 Å². The molecule has 5 heteroatoms. The van der Waals surface area contributed by atoms with E-state index >= 15 is 0 Å². The van der Waals surface area contributed by atoms with Crippen LogP contribution in [0.15, 0.2) is 36.5 Å². The van der Waals surface area contributed by atoms with Gasteiger partial charge in [-0.1, -0.05) is 24.4 Å². The van der Waals surface area contributed by atoms with E-state index in [0.717, 1.165) is 11.1 Å². The summed E-state index contributed by atoms with van der Waals surface area (Å²) in [5.74, 6) is 0.449. The highest BCUT2D eigenvalue weighted by molar-refractivity contribution is 7.80. The van der Waals surface area contributed by atoms with E-state index in [0.29, 0.717) is 16.4 Å². The van der Waals surface area contributed by atoms with Gasteiger partial charge in [0.05, 0.1) is 6.04 Å². The van der Waals surface area contributed by atoms with Gasteiger partial charge in [-0.3, -0.25) is 0 Å². The Bertz CT molecular complexity index is 643. The maximum atomic E-state index is 13.6. The number of pyridine rings is 1. The number of halogens is 1. The van der Waals surface area contributed by atoms with Crippen molar-refractivity contribution in [1.82, 2.24) is 4.98 Å². The number of nitrogens with two attached hydrogens (primary N) is 1. The van der Waals surface area contributed by atoms with Gasteiger partial charge in [-0.25, -0.2) is 9.37 Å². The van der Waals surface area contributed by atoms with Gasteiger partial charge in [0.15, 0.2) is 0 Å². The summed E-state index contributed by atoms with van der Waals surface area (Å²) in [6, 6.07) is 8.66. The van der Waals surface area contributed by atoms with Crippen LogP contribution in [-0.2, 0) is 0 Å². The number of thiocarbonyl (C=S) groups is 1. The molecule has 20 heavy (non-hydrogen) atoms. The minimum atomic E-state index is -0.207. The fourth-order valence-corrected chi connectivity index (χ4v) is 1.97. The normalized spacial score (nSPS) is 11.9. The van der Waals surface area contributed by atoms with Gasteiger partial charge in [-0.15, -0.1) is 0 Å². The maximum absolute atomic E-state index is 13.6. The summed E-state index contributed by atoms with van der Waals surface area (Å²) in [4.78, 5) is 4.53. The zero-order valence-electron chi connectivity index (χ0n) is 11.4. The van der Waals surface area contributed by atoms with Crippen LogP contribution in [-0.4, -0.2) is 9.97 Å². The van der Waals surface area contributed by atoms with E-state index in [9.17, 15) is 4.39 Å². The van der Waals surface area contributed by atoms with Crippen LogP contribution in [0.3, 0.4) is 0 Å². The highest BCUT2D eigenvalue weighted by Gasteiger charge is 2.09. The third-order valence-electron chi connectivity index (χ3n) is 3.10. The Balaban J connectivity index is 2.18. The zero-order valence-corrected chi connectivity index (χ0v) is 12.2. The minimum Gasteiger partial charge on any atom is -0.389 e. The number of benzene rings is 1. The maximum Gasteiger partial charge on any atom is 0.127 e. The molecule has 1 unspecified atom stereocenters. The lowest BCUT2D eigenvalue weighted by Crippen LogP contribution is -2.12. The highest BCUT2D eigenvalue weighted by Crippen LogP contribution is 2.20. The molecule has 1 heterocycles. The van der Waals surface area contributed by atoms with Crippen LogP contribution in [0.25, 0.3) is 0 Å². The lowest BCUT2D eigenvalue weighted by molar-refractivity contribution is 0.614. The summed E-state index contributed by atoms with van der Waals surface area (Å²) >= 11 is 4.93. The molecule has 1 aromatic heterocycles. The number of hydrogen-bond acceptors (Lipinski definition) is 3. The quantitative estimate of drug-likeness (QED) is 0.848. The Kier molecular flexibility index (Phi) is 4.29. The first kappa shape index (κ1) is 14.4. The lowest BCUT2D eigenvalue weighted by atomic mass is 10.1. The average Bonchev–Trinajstić information content (AvgIpc) is 2.42. The lowest BCUT2D eigenvalue weighted by Gasteiger charge is -2.16. The standard InChI is InChI=1S/C15H16FN3S/c1-9-3-4-11(7-13(9)16)10(2)19-14-8-12(15(17)20)5-6-18-14/h3-8,10H,1-2H3,(H2,17,20)(H,18,19). The summed E-state index contributed by atoms with van der Waals surface area (Å²) in [5, 5.41) is 3.21. The molecule has 0 radical (unpaired) electrons. The molecule has 0 aliphatic rings. The van der Waals surface area contributed by atoms with Crippen LogP contribution in [0.2, 0.25) is 0 Å². The highest BCUT2D eigenvalue weighted by atomic mass is 32.1. The number of hydrogen-bond donors (Lipinski definition) is 2. The van der Waals surface area contributed by atoms with E-state index in [2.05, 4.69) is 10.3 Å². The smallest absolute Gasteiger partial charge is 0.127 e. The van der Waals surface area contributed by atoms with Crippen LogP contribution < -0.4 is 11.1 Å². The van der Waals surface area contributed by atoms with Gasteiger partial charge in [0, 0.05) is 11.8 Å². The molecular formula is C15H16FN3S. The molecule has 0 spiro atoms. The van der Waals surface area contributed by atoms with Crippen molar-refractivity contribution in [2.45, 2.75) is 19.9 Å². The number of nitrogens with one attached hydrogen (secondary N) is 1. The Morgan fingerprint density at radius 1 is 1.35 bits per heavy atom. The Hall–Kier alpha value is -2.01. The van der Waals surface area contributed by atoms with E-state index in [-0.39, 0.29) is 11.9 Å². The minimum absolute atomic E-state index is 0.0702. The SMILES string of the molecule is Cc1ccc(C(C)Nc2cc(C(N)=S)ccn2)cc1F. The van der Waals surface area contributed by atoms with E-state index < -0.39 is 0 Å². The molecule has 0 fully saturated rings. The van der Waals surface area contributed by atoms with Gasteiger partial charge in [-0.2, -0.15) is 0 Å². The zero-order chi connectivity index (χ0) is 14.7. The fourth-order valence-electron chi connectivity index (χ4n) is 1.85. The van der Waals surface area contributed by atoms with Crippen molar-refractivity contribution < 1.29 is 4.39 Å². The van der Waals surface area contributed by atoms with Crippen LogP contribution in [0.5, 0.6) is 0 Å². The fraction of sp³-hybridized carbons (Fsp3) is 0.200. The first-order chi connectivity index (χ1) is 9.47. The van der Waals surface area contributed by atoms with Gasteiger partial charge >= 0.3 is 0 Å². The monoisotopic (exact) mass is 289 g/mol. The first-order valence-electron chi connectivity index (χ1n) is 6.26. The van der Waals surface area contributed by atoms with E-state index in [1.165, 1.54) is 6.07 Å². The molecule has 0 saturated carbocycles. The predicted molar refractivity (Wildman–Crippen MR) is 83.3 cm³/mol. The molecule has 2 aromatic rings. The molecule has 0 amide bonds. The largest absolute Gasteiger partial charge is 0.389 e. The summed E-state index contributed by atoms with van der Waals surface area (Å²) in [6.07, 6.45) is 1.64. The summed E-state index contributed by atoms with van der Waals surface area (Å²) in [7, 11) is 0. The van der Waals surface area contributed by atoms with Crippen molar-refractivity contribution in [3.05, 3.63) is 59.0 Å². The number of anilines is 1. The van der Waals surface area contributed by atoms with Gasteiger partial charge in [0.1, 0.15) is 16.6 Å². The van der Waals surface area contributed by atoms with Crippen LogP contribution >= 0.6 is 12.2 Å². The summed E-state index contributed by atoms with van der Waals surface area (Å²) in [6.45, 7) is 3.68. The van der Waals surface area contributed by atoms with Crippen molar-refractivity contribution >= 4 is 23.0 Å². The second kappa shape index (κ2) is 5.96.